The normalized spacial score (nSPS) is 10.0. The summed E-state index contributed by atoms with van der Waals surface area (Å²) in [6.45, 7) is 1.50. The van der Waals surface area contributed by atoms with Crippen LogP contribution in [0.25, 0.3) is 0 Å². The van der Waals surface area contributed by atoms with E-state index in [1.807, 2.05) is 19.1 Å². The van der Waals surface area contributed by atoms with E-state index >= 15 is 0 Å². The first-order chi connectivity index (χ1) is 12.5. The summed E-state index contributed by atoms with van der Waals surface area (Å²) >= 11 is 1.39. The maximum Gasteiger partial charge on any atom is 0.306 e. The number of ether oxygens (including phenoxy) is 1. The number of ketones is 1. The molecule has 26 heavy (non-hydrogen) atoms. The van der Waals surface area contributed by atoms with Crippen LogP contribution in [0, 0.1) is 18.3 Å². The van der Waals surface area contributed by atoms with Gasteiger partial charge in [0.25, 0.3) is 5.91 Å². The molecule has 0 aliphatic carbocycles. The lowest BCUT2D eigenvalue weighted by Crippen LogP contribution is -2.21. The highest BCUT2D eigenvalue weighted by atomic mass is 32.1. The van der Waals surface area contributed by atoms with E-state index in [-0.39, 0.29) is 18.6 Å². The van der Waals surface area contributed by atoms with Crippen LogP contribution in [0.4, 0.5) is 5.69 Å². The summed E-state index contributed by atoms with van der Waals surface area (Å²) in [4.78, 5) is 37.0. The van der Waals surface area contributed by atoms with E-state index in [1.54, 1.807) is 30.3 Å². The maximum atomic E-state index is 11.9. The van der Waals surface area contributed by atoms with E-state index in [9.17, 15) is 14.4 Å². The van der Waals surface area contributed by atoms with Gasteiger partial charge in [-0.3, -0.25) is 14.4 Å². The Labute approximate surface area is 155 Å². The number of thiophene rings is 1. The molecule has 0 aliphatic rings. The number of amides is 1. The number of nitrogens with one attached hydrogen (secondary N) is 1. The minimum atomic E-state index is -0.592. The summed E-state index contributed by atoms with van der Waals surface area (Å²) in [5, 5.41) is 11.2. The zero-order valence-corrected chi connectivity index (χ0v) is 15.1. The van der Waals surface area contributed by atoms with Crippen LogP contribution < -0.4 is 5.32 Å². The molecule has 0 saturated carbocycles. The van der Waals surface area contributed by atoms with Gasteiger partial charge in [-0.25, -0.2) is 0 Å². The molecule has 1 aromatic heterocycles. The van der Waals surface area contributed by atoms with Crippen molar-refractivity contribution in [3.05, 3.63) is 51.7 Å². The zero-order chi connectivity index (χ0) is 18.9. The fourth-order valence-corrected chi connectivity index (χ4v) is 2.97. The summed E-state index contributed by atoms with van der Waals surface area (Å²) < 4.78 is 4.89. The Bertz CT molecular complexity index is 834. The van der Waals surface area contributed by atoms with Crippen LogP contribution >= 0.6 is 11.3 Å². The largest absolute Gasteiger partial charge is 0.456 e. The lowest BCUT2D eigenvalue weighted by molar-refractivity contribution is -0.147. The number of hydrogen-bond acceptors (Lipinski definition) is 6. The average Bonchev–Trinajstić information content (AvgIpc) is 3.06. The molecule has 6 nitrogen and oxygen atoms in total. The topological polar surface area (TPSA) is 96.3 Å². The van der Waals surface area contributed by atoms with Crippen molar-refractivity contribution < 1.29 is 19.1 Å². The van der Waals surface area contributed by atoms with Crippen molar-refractivity contribution >= 4 is 34.7 Å². The number of Topliss-reactive ketones (excluding diaryl/α,β-unsaturated/α-hetero) is 1. The summed E-state index contributed by atoms with van der Waals surface area (Å²) in [6.07, 6.45) is 0.294. The molecule has 0 saturated heterocycles. The summed E-state index contributed by atoms with van der Waals surface area (Å²) in [7, 11) is 0. The molecule has 0 aliphatic heterocycles. The first-order valence-electron chi connectivity index (χ1n) is 7.99. The predicted octanol–water partition coefficient (Wildman–Crippen LogP) is 3.27. The lowest BCUT2D eigenvalue weighted by atomic mass is 10.1. The van der Waals surface area contributed by atoms with E-state index in [2.05, 4.69) is 5.32 Å². The highest BCUT2D eigenvalue weighted by Gasteiger charge is 2.13. The van der Waals surface area contributed by atoms with E-state index in [4.69, 9.17) is 10.00 Å². The minimum absolute atomic E-state index is 0.0563. The fraction of sp³-hybridized carbons (Fsp3) is 0.263. The third-order valence-electron chi connectivity index (χ3n) is 3.46. The second-order valence-corrected chi connectivity index (χ2v) is 6.86. The molecule has 2 aromatic rings. The molecule has 0 bridgehead atoms. The molecule has 1 heterocycles. The molecule has 7 heteroatoms. The van der Waals surface area contributed by atoms with Crippen LogP contribution in [0.5, 0.6) is 0 Å². The third-order valence-corrected chi connectivity index (χ3v) is 4.50. The van der Waals surface area contributed by atoms with Crippen LogP contribution in [-0.4, -0.2) is 24.3 Å². The van der Waals surface area contributed by atoms with E-state index in [0.29, 0.717) is 17.0 Å². The average molecular weight is 370 g/mol. The quantitative estimate of drug-likeness (QED) is 0.568. The molecule has 2 rings (SSSR count). The van der Waals surface area contributed by atoms with Gasteiger partial charge in [-0.05, 0) is 36.8 Å². The van der Waals surface area contributed by atoms with Gasteiger partial charge in [-0.2, -0.15) is 5.26 Å². The predicted molar refractivity (Wildman–Crippen MR) is 98.0 cm³/mol. The van der Waals surface area contributed by atoms with Crippen LogP contribution in [0.15, 0.2) is 36.4 Å². The Morgan fingerprint density at radius 3 is 2.46 bits per heavy atom. The van der Waals surface area contributed by atoms with Crippen molar-refractivity contribution in [3.63, 3.8) is 0 Å². The number of hydrogen-bond donors (Lipinski definition) is 1. The van der Waals surface area contributed by atoms with Gasteiger partial charge in [0, 0.05) is 17.0 Å². The Balaban J connectivity index is 1.70. The molecule has 0 spiro atoms. The summed E-state index contributed by atoms with van der Waals surface area (Å²) in [5.74, 6) is -1.17. The first kappa shape index (κ1) is 19.3. The van der Waals surface area contributed by atoms with Crippen molar-refractivity contribution in [2.45, 2.75) is 26.2 Å². The highest BCUT2D eigenvalue weighted by Crippen LogP contribution is 2.17. The Morgan fingerprint density at radius 2 is 1.85 bits per heavy atom. The van der Waals surface area contributed by atoms with Crippen LogP contribution in [0.3, 0.4) is 0 Å². The van der Waals surface area contributed by atoms with Crippen molar-refractivity contribution in [1.82, 2.24) is 0 Å². The van der Waals surface area contributed by atoms with Gasteiger partial charge in [-0.15, -0.1) is 11.3 Å². The number of esters is 1. The van der Waals surface area contributed by atoms with Crippen molar-refractivity contribution in [2.24, 2.45) is 0 Å². The smallest absolute Gasteiger partial charge is 0.306 e. The standard InChI is InChI=1S/C19H18N2O4S/c1-13-2-8-17(26-13)16(22)7-9-19(24)25-12-18(23)21-15-5-3-14(4-6-15)10-11-20/h2-6,8H,7,9-10,12H2,1H3,(H,21,23). The van der Waals surface area contributed by atoms with E-state index < -0.39 is 18.5 Å². The minimum Gasteiger partial charge on any atom is -0.456 e. The van der Waals surface area contributed by atoms with Gasteiger partial charge in [-0.1, -0.05) is 12.1 Å². The second-order valence-electron chi connectivity index (χ2n) is 5.57. The molecule has 1 N–H and O–H groups in total. The molecule has 0 unspecified atom stereocenters. The summed E-state index contributed by atoms with van der Waals surface area (Å²) in [5.41, 5.74) is 1.40. The van der Waals surface area contributed by atoms with Crippen LogP contribution in [0.1, 0.15) is 33.0 Å². The van der Waals surface area contributed by atoms with E-state index in [1.165, 1.54) is 11.3 Å². The third kappa shape index (κ3) is 6.15. The number of carbonyl (C=O) groups is 3. The zero-order valence-electron chi connectivity index (χ0n) is 14.3. The molecule has 0 atom stereocenters. The molecule has 1 aromatic carbocycles. The van der Waals surface area contributed by atoms with Gasteiger partial charge in [0.05, 0.1) is 23.8 Å². The van der Waals surface area contributed by atoms with Crippen molar-refractivity contribution in [2.75, 3.05) is 11.9 Å². The van der Waals surface area contributed by atoms with Crippen molar-refractivity contribution in [3.8, 4) is 6.07 Å². The fourth-order valence-electron chi connectivity index (χ4n) is 2.14. The number of aryl methyl sites for hydroxylation is 1. The Hall–Kier alpha value is -2.98. The van der Waals surface area contributed by atoms with E-state index in [0.717, 1.165) is 10.4 Å². The Kier molecular flexibility index (Phi) is 7.06. The molecular formula is C19H18N2O4S. The van der Waals surface area contributed by atoms with Gasteiger partial charge in [0.2, 0.25) is 0 Å². The molecule has 134 valence electrons. The van der Waals surface area contributed by atoms with Crippen LogP contribution in [0.2, 0.25) is 0 Å². The first-order valence-corrected chi connectivity index (χ1v) is 8.80. The number of anilines is 1. The maximum absolute atomic E-state index is 11.9. The van der Waals surface area contributed by atoms with Gasteiger partial charge < -0.3 is 10.1 Å². The Morgan fingerprint density at radius 1 is 1.12 bits per heavy atom. The molecular weight excluding hydrogens is 352 g/mol. The number of carbonyl (C=O) groups excluding carboxylic acids is 3. The second kappa shape index (κ2) is 9.49. The van der Waals surface area contributed by atoms with Gasteiger partial charge >= 0.3 is 5.97 Å². The van der Waals surface area contributed by atoms with Crippen molar-refractivity contribution in [1.29, 1.82) is 5.26 Å². The number of nitriles is 1. The number of nitrogens with zero attached hydrogens (tertiary/aromatic N) is 1. The molecule has 1 amide bonds. The lowest BCUT2D eigenvalue weighted by Gasteiger charge is -2.07. The highest BCUT2D eigenvalue weighted by molar-refractivity contribution is 7.14. The summed E-state index contributed by atoms with van der Waals surface area (Å²) in [6, 6.07) is 12.5. The monoisotopic (exact) mass is 370 g/mol. The van der Waals surface area contributed by atoms with Crippen LogP contribution in [-0.2, 0) is 20.7 Å². The molecule has 0 radical (unpaired) electrons. The SMILES string of the molecule is Cc1ccc(C(=O)CCC(=O)OCC(=O)Nc2ccc(CC#N)cc2)s1. The molecule has 0 fully saturated rings. The van der Waals surface area contributed by atoms with Gasteiger partial charge in [0.15, 0.2) is 12.4 Å². The number of benzene rings is 1. The van der Waals surface area contributed by atoms with Gasteiger partial charge in [0.1, 0.15) is 0 Å². The number of rotatable bonds is 8.